The van der Waals surface area contributed by atoms with E-state index < -0.39 is 0 Å². The molecule has 0 spiro atoms. The van der Waals surface area contributed by atoms with Gasteiger partial charge >= 0.3 is 0 Å². The molecule has 0 bridgehead atoms. The average Bonchev–Trinajstić information content (AvgIpc) is 3.56. The first-order valence-electron chi connectivity index (χ1n) is 10.9. The summed E-state index contributed by atoms with van der Waals surface area (Å²) in [5.41, 5.74) is 0.748. The van der Waals surface area contributed by atoms with Gasteiger partial charge < -0.3 is 19.7 Å². The summed E-state index contributed by atoms with van der Waals surface area (Å²) in [6.45, 7) is 4.13. The lowest BCUT2D eigenvalue weighted by Crippen LogP contribution is -2.39. The van der Waals surface area contributed by atoms with Crippen LogP contribution in [0.5, 0.6) is 11.5 Å². The highest BCUT2D eigenvalue weighted by Gasteiger charge is 2.36. The fourth-order valence-corrected chi connectivity index (χ4v) is 5.48. The average molecular weight is 442 g/mol. The fourth-order valence-electron chi connectivity index (χ4n) is 4.62. The zero-order chi connectivity index (χ0) is 21.2. The lowest BCUT2D eigenvalue weighted by Gasteiger charge is -2.27. The molecule has 31 heavy (non-hydrogen) atoms. The number of nitrogens with one attached hydrogen (secondary N) is 1. The van der Waals surface area contributed by atoms with E-state index in [9.17, 15) is 9.59 Å². The number of rotatable bonds is 6. The highest BCUT2D eigenvalue weighted by molar-refractivity contribution is 7.10. The number of likely N-dealkylation sites (tertiary alicyclic amines) is 1. The summed E-state index contributed by atoms with van der Waals surface area (Å²) in [6.07, 6.45) is 2.64. The van der Waals surface area contributed by atoms with E-state index in [0.717, 1.165) is 18.8 Å². The number of anilines is 1. The van der Waals surface area contributed by atoms with Crippen LogP contribution >= 0.6 is 11.3 Å². The van der Waals surface area contributed by atoms with Gasteiger partial charge in [-0.2, -0.15) is 0 Å². The molecule has 4 heterocycles. The molecular formula is C23H27N3O4S. The van der Waals surface area contributed by atoms with E-state index in [1.54, 1.807) is 16.2 Å². The van der Waals surface area contributed by atoms with Crippen molar-refractivity contribution in [2.45, 2.75) is 25.3 Å². The molecule has 8 heteroatoms. The lowest BCUT2D eigenvalue weighted by atomic mass is 10.1. The Morgan fingerprint density at radius 3 is 2.74 bits per heavy atom. The maximum Gasteiger partial charge on any atom is 0.227 e. The second kappa shape index (κ2) is 8.88. The molecule has 7 nitrogen and oxygen atoms in total. The first-order valence-corrected chi connectivity index (χ1v) is 11.8. The SMILES string of the molecule is O=C(NCC(c1cccs1)N1CCCC1)C1CC(=O)N(c2ccc3c(c2)OCCO3)C1. The highest BCUT2D eigenvalue weighted by atomic mass is 32.1. The van der Waals surface area contributed by atoms with Gasteiger partial charge in [0.15, 0.2) is 11.5 Å². The quantitative estimate of drug-likeness (QED) is 0.747. The molecule has 2 unspecified atom stereocenters. The van der Waals surface area contributed by atoms with Gasteiger partial charge in [0.05, 0.1) is 12.0 Å². The molecule has 164 valence electrons. The zero-order valence-electron chi connectivity index (χ0n) is 17.4. The first-order chi connectivity index (χ1) is 15.2. The lowest BCUT2D eigenvalue weighted by molar-refractivity contribution is -0.126. The molecule has 0 saturated carbocycles. The number of fused-ring (bicyclic) bond motifs is 1. The van der Waals surface area contributed by atoms with Gasteiger partial charge in [-0.15, -0.1) is 11.3 Å². The van der Waals surface area contributed by atoms with Crippen LogP contribution < -0.4 is 19.7 Å². The van der Waals surface area contributed by atoms with Gasteiger partial charge in [-0.3, -0.25) is 14.5 Å². The van der Waals surface area contributed by atoms with Crippen LogP contribution in [0.15, 0.2) is 35.7 Å². The smallest absolute Gasteiger partial charge is 0.227 e. The molecule has 2 fully saturated rings. The van der Waals surface area contributed by atoms with E-state index in [0.29, 0.717) is 37.8 Å². The van der Waals surface area contributed by atoms with Gasteiger partial charge in [0.2, 0.25) is 11.8 Å². The van der Waals surface area contributed by atoms with E-state index in [1.165, 1.54) is 17.7 Å². The number of nitrogens with zero attached hydrogens (tertiary/aromatic N) is 2. The van der Waals surface area contributed by atoms with Crippen LogP contribution in [0.3, 0.4) is 0 Å². The summed E-state index contributed by atoms with van der Waals surface area (Å²) in [6, 6.07) is 9.91. The number of amides is 2. The number of carbonyl (C=O) groups is 2. The minimum Gasteiger partial charge on any atom is -0.486 e. The zero-order valence-corrected chi connectivity index (χ0v) is 18.2. The van der Waals surface area contributed by atoms with Crippen LogP contribution in [0, 0.1) is 5.92 Å². The largest absolute Gasteiger partial charge is 0.486 e. The summed E-state index contributed by atoms with van der Waals surface area (Å²) in [7, 11) is 0. The number of hydrogen-bond acceptors (Lipinski definition) is 6. The predicted molar refractivity (Wildman–Crippen MR) is 119 cm³/mol. The Hall–Kier alpha value is -2.58. The molecule has 1 N–H and O–H groups in total. The van der Waals surface area contributed by atoms with Crippen molar-refractivity contribution < 1.29 is 19.1 Å². The van der Waals surface area contributed by atoms with Gasteiger partial charge in [-0.1, -0.05) is 6.07 Å². The van der Waals surface area contributed by atoms with Crippen LogP contribution in [0.4, 0.5) is 5.69 Å². The molecule has 0 aliphatic carbocycles. The standard InChI is InChI=1S/C23H27N3O4S/c27-22-12-16(15-26(22)17-5-6-19-20(13-17)30-10-9-29-19)23(28)24-14-18(21-4-3-11-31-21)25-7-1-2-8-25/h3-6,11,13,16,18H,1-2,7-10,12,14-15H2,(H,24,28). The maximum atomic E-state index is 12.9. The predicted octanol–water partition coefficient (Wildman–Crippen LogP) is 2.83. The second-order valence-electron chi connectivity index (χ2n) is 8.25. The molecule has 2 atom stereocenters. The van der Waals surface area contributed by atoms with Crippen molar-refractivity contribution >= 4 is 28.8 Å². The first kappa shape index (κ1) is 20.3. The molecule has 3 aliphatic heterocycles. The molecule has 1 aromatic heterocycles. The Morgan fingerprint density at radius 2 is 1.97 bits per heavy atom. The molecule has 2 saturated heterocycles. The van der Waals surface area contributed by atoms with Crippen molar-refractivity contribution in [3.8, 4) is 11.5 Å². The Kier molecular flexibility index (Phi) is 5.82. The van der Waals surface area contributed by atoms with Crippen LogP contribution in [0.1, 0.15) is 30.2 Å². The minimum atomic E-state index is -0.344. The third-order valence-corrected chi connectivity index (χ3v) is 7.23. The van der Waals surface area contributed by atoms with E-state index in [-0.39, 0.29) is 30.2 Å². The fraction of sp³-hybridized carbons (Fsp3) is 0.478. The summed E-state index contributed by atoms with van der Waals surface area (Å²) in [5, 5.41) is 5.22. The molecule has 0 radical (unpaired) electrons. The Labute approximate surface area is 185 Å². The van der Waals surface area contributed by atoms with E-state index in [1.807, 2.05) is 18.2 Å². The number of hydrogen-bond donors (Lipinski definition) is 1. The number of ether oxygens (including phenoxy) is 2. The van der Waals surface area contributed by atoms with E-state index in [4.69, 9.17) is 9.47 Å². The summed E-state index contributed by atoms with van der Waals surface area (Å²) >= 11 is 1.73. The molecule has 3 aliphatic rings. The van der Waals surface area contributed by atoms with Crippen LogP contribution in [-0.4, -0.2) is 56.1 Å². The number of carbonyl (C=O) groups excluding carboxylic acids is 2. The Bertz CT molecular complexity index is 942. The molecule has 1 aromatic carbocycles. The Balaban J connectivity index is 1.23. The van der Waals surface area contributed by atoms with Crippen molar-refractivity contribution in [3.05, 3.63) is 40.6 Å². The van der Waals surface area contributed by atoms with Gasteiger partial charge in [0.25, 0.3) is 0 Å². The Morgan fingerprint density at radius 1 is 1.16 bits per heavy atom. The van der Waals surface area contributed by atoms with Gasteiger partial charge in [0, 0.05) is 36.1 Å². The van der Waals surface area contributed by atoms with Crippen molar-refractivity contribution in [2.24, 2.45) is 5.92 Å². The molecule has 5 rings (SSSR count). The van der Waals surface area contributed by atoms with Crippen LogP contribution in [-0.2, 0) is 9.59 Å². The summed E-state index contributed by atoms with van der Waals surface area (Å²) in [4.78, 5) is 31.0. The summed E-state index contributed by atoms with van der Waals surface area (Å²) in [5.74, 6) is 0.912. The third-order valence-electron chi connectivity index (χ3n) is 6.26. The van der Waals surface area contributed by atoms with Gasteiger partial charge in [-0.25, -0.2) is 0 Å². The van der Waals surface area contributed by atoms with Crippen molar-refractivity contribution in [3.63, 3.8) is 0 Å². The van der Waals surface area contributed by atoms with Gasteiger partial charge in [0.1, 0.15) is 13.2 Å². The normalized spacial score (nSPS) is 22.0. The van der Waals surface area contributed by atoms with Gasteiger partial charge in [-0.05, 0) is 49.5 Å². The minimum absolute atomic E-state index is 0.0359. The third kappa shape index (κ3) is 4.27. The molecular weight excluding hydrogens is 414 g/mol. The topological polar surface area (TPSA) is 71.1 Å². The number of benzene rings is 1. The van der Waals surface area contributed by atoms with Crippen LogP contribution in [0.25, 0.3) is 0 Å². The maximum absolute atomic E-state index is 12.9. The van der Waals surface area contributed by atoms with Crippen molar-refractivity contribution in [2.75, 3.05) is 44.3 Å². The highest BCUT2D eigenvalue weighted by Crippen LogP contribution is 2.36. The van der Waals surface area contributed by atoms with Crippen molar-refractivity contribution in [1.29, 1.82) is 0 Å². The second-order valence-corrected chi connectivity index (χ2v) is 9.23. The molecule has 2 aromatic rings. The van der Waals surface area contributed by atoms with E-state index in [2.05, 4.69) is 27.7 Å². The van der Waals surface area contributed by atoms with E-state index >= 15 is 0 Å². The van der Waals surface area contributed by atoms with Crippen molar-refractivity contribution in [1.82, 2.24) is 10.2 Å². The van der Waals surface area contributed by atoms with Crippen LogP contribution in [0.2, 0.25) is 0 Å². The summed E-state index contributed by atoms with van der Waals surface area (Å²) < 4.78 is 11.2. The number of thiophene rings is 1. The monoisotopic (exact) mass is 441 g/mol. The molecule has 2 amide bonds.